The van der Waals surface area contributed by atoms with Crippen LogP contribution in [-0.2, 0) is 12.4 Å². The van der Waals surface area contributed by atoms with E-state index in [2.05, 4.69) is 9.97 Å². The van der Waals surface area contributed by atoms with Crippen LogP contribution in [0.25, 0.3) is 16.7 Å². The molecule has 6 rings (SSSR count). The number of aromatic nitrogens is 3. The van der Waals surface area contributed by atoms with Gasteiger partial charge in [-0.1, -0.05) is 0 Å². The average Bonchev–Trinajstić information content (AvgIpc) is 3.58. The number of fused-ring (bicyclic) bond motifs is 3. The second kappa shape index (κ2) is 8.09. The van der Waals surface area contributed by atoms with Gasteiger partial charge in [0.2, 0.25) is 0 Å². The molecule has 1 saturated heterocycles. The zero-order valence-electron chi connectivity index (χ0n) is 18.9. The molecule has 0 amide bonds. The van der Waals surface area contributed by atoms with E-state index in [-0.39, 0.29) is 23.9 Å². The summed E-state index contributed by atoms with van der Waals surface area (Å²) in [4.78, 5) is 22.6. The number of halogens is 6. The van der Waals surface area contributed by atoms with Crippen LogP contribution in [-0.4, -0.2) is 20.6 Å². The molecule has 37 heavy (non-hydrogen) atoms. The number of piperidine rings is 1. The van der Waals surface area contributed by atoms with E-state index in [1.54, 1.807) is 24.3 Å². The first-order valence-electron chi connectivity index (χ1n) is 11.5. The molecule has 3 aromatic heterocycles. The van der Waals surface area contributed by atoms with Crippen molar-refractivity contribution in [3.8, 4) is 5.69 Å². The minimum absolute atomic E-state index is 0.0175. The SMILES string of the molecule is O=c1ccnc([C@@H]2[C@H]3CC[C@H](C3)N2c2cc(C(F)(F)F)cc(C(F)(F)F)n2)n1-c1ccc2occc2c1. The van der Waals surface area contributed by atoms with E-state index < -0.39 is 41.0 Å². The van der Waals surface area contributed by atoms with Crippen LogP contribution in [0.3, 0.4) is 0 Å². The Morgan fingerprint density at radius 2 is 1.76 bits per heavy atom. The highest BCUT2D eigenvalue weighted by Gasteiger charge is 2.50. The maximum Gasteiger partial charge on any atom is 0.433 e. The van der Waals surface area contributed by atoms with Gasteiger partial charge in [-0.3, -0.25) is 9.36 Å². The Kier molecular flexibility index (Phi) is 5.15. The van der Waals surface area contributed by atoms with Gasteiger partial charge in [0, 0.05) is 23.7 Å². The van der Waals surface area contributed by atoms with E-state index in [1.807, 2.05) is 0 Å². The van der Waals surface area contributed by atoms with E-state index >= 15 is 0 Å². The van der Waals surface area contributed by atoms with Crippen molar-refractivity contribution >= 4 is 16.8 Å². The summed E-state index contributed by atoms with van der Waals surface area (Å²) in [6.45, 7) is 0. The predicted molar refractivity (Wildman–Crippen MR) is 120 cm³/mol. The minimum atomic E-state index is -5.07. The Labute approximate surface area is 205 Å². The Hall–Kier alpha value is -3.83. The fraction of sp³-hybridized carbons (Fsp3) is 0.320. The van der Waals surface area contributed by atoms with Gasteiger partial charge in [0.15, 0.2) is 0 Å². The fourth-order valence-electron chi connectivity index (χ4n) is 5.59. The summed E-state index contributed by atoms with van der Waals surface area (Å²) in [6.07, 6.45) is -5.46. The third-order valence-corrected chi connectivity index (χ3v) is 7.11. The summed E-state index contributed by atoms with van der Waals surface area (Å²) in [5.74, 6) is -0.335. The first-order valence-corrected chi connectivity index (χ1v) is 11.5. The molecule has 12 heteroatoms. The highest BCUT2D eigenvalue weighted by molar-refractivity contribution is 5.79. The van der Waals surface area contributed by atoms with Crippen LogP contribution in [0.4, 0.5) is 32.2 Å². The molecular weight excluding hydrogens is 502 g/mol. The lowest BCUT2D eigenvalue weighted by Gasteiger charge is -2.37. The Balaban J connectivity index is 1.53. The smallest absolute Gasteiger partial charge is 0.433 e. The number of furan rings is 1. The number of rotatable bonds is 3. The Bertz CT molecular complexity index is 1530. The number of hydrogen-bond acceptors (Lipinski definition) is 5. The van der Waals surface area contributed by atoms with Crippen molar-refractivity contribution in [2.45, 2.75) is 43.7 Å². The molecule has 2 fully saturated rings. The summed E-state index contributed by atoms with van der Waals surface area (Å²) in [7, 11) is 0. The van der Waals surface area contributed by atoms with Crippen molar-refractivity contribution in [1.82, 2.24) is 14.5 Å². The molecule has 192 valence electrons. The molecule has 0 radical (unpaired) electrons. The largest absolute Gasteiger partial charge is 0.464 e. The van der Waals surface area contributed by atoms with Crippen LogP contribution in [0.2, 0.25) is 0 Å². The van der Waals surface area contributed by atoms with Crippen LogP contribution < -0.4 is 10.5 Å². The molecule has 1 aliphatic heterocycles. The van der Waals surface area contributed by atoms with Crippen LogP contribution in [0.15, 0.2) is 64.1 Å². The van der Waals surface area contributed by atoms with Crippen LogP contribution in [0.1, 0.15) is 42.4 Å². The molecule has 0 unspecified atom stereocenters. The van der Waals surface area contributed by atoms with Gasteiger partial charge in [0.05, 0.1) is 23.6 Å². The van der Waals surface area contributed by atoms with E-state index in [1.165, 1.54) is 28.0 Å². The fourth-order valence-corrected chi connectivity index (χ4v) is 5.59. The second-order valence-electron chi connectivity index (χ2n) is 9.29. The topological polar surface area (TPSA) is 64.2 Å². The number of anilines is 1. The molecule has 6 nitrogen and oxygen atoms in total. The van der Waals surface area contributed by atoms with Crippen molar-refractivity contribution in [3.63, 3.8) is 0 Å². The highest BCUT2D eigenvalue weighted by atomic mass is 19.4. The van der Waals surface area contributed by atoms with Crippen LogP contribution in [0, 0.1) is 5.92 Å². The zero-order chi connectivity index (χ0) is 26.1. The molecule has 3 atom stereocenters. The van der Waals surface area contributed by atoms with Crippen molar-refractivity contribution in [2.24, 2.45) is 5.92 Å². The Morgan fingerprint density at radius 3 is 2.51 bits per heavy atom. The monoisotopic (exact) mass is 520 g/mol. The quantitative estimate of drug-likeness (QED) is 0.304. The average molecular weight is 520 g/mol. The van der Waals surface area contributed by atoms with E-state index in [4.69, 9.17) is 4.42 Å². The molecular formula is C25H18F6N4O2. The molecule has 1 aromatic carbocycles. The number of pyridine rings is 1. The zero-order valence-corrected chi connectivity index (χ0v) is 18.9. The number of benzene rings is 1. The van der Waals surface area contributed by atoms with Gasteiger partial charge in [0.1, 0.15) is 22.9 Å². The van der Waals surface area contributed by atoms with Gasteiger partial charge in [-0.2, -0.15) is 26.3 Å². The second-order valence-corrected chi connectivity index (χ2v) is 9.29. The van der Waals surface area contributed by atoms with Gasteiger partial charge in [-0.15, -0.1) is 0 Å². The van der Waals surface area contributed by atoms with Crippen LogP contribution in [0.5, 0.6) is 0 Å². The number of alkyl halides is 6. The molecule has 2 aliphatic rings. The summed E-state index contributed by atoms with van der Waals surface area (Å²) in [5, 5.41) is 0.721. The lowest BCUT2D eigenvalue weighted by Crippen LogP contribution is -2.39. The third kappa shape index (κ3) is 3.94. The van der Waals surface area contributed by atoms with E-state index in [9.17, 15) is 31.1 Å². The van der Waals surface area contributed by atoms with Gasteiger partial charge < -0.3 is 9.32 Å². The van der Waals surface area contributed by atoms with Crippen molar-refractivity contribution in [1.29, 1.82) is 0 Å². The van der Waals surface area contributed by atoms with Crippen LogP contribution >= 0.6 is 0 Å². The molecule has 4 heterocycles. The highest BCUT2D eigenvalue weighted by Crippen LogP contribution is 2.52. The van der Waals surface area contributed by atoms with Gasteiger partial charge in [0.25, 0.3) is 5.56 Å². The molecule has 0 spiro atoms. The lowest BCUT2D eigenvalue weighted by molar-refractivity contribution is -0.145. The summed E-state index contributed by atoms with van der Waals surface area (Å²) in [6, 6.07) is 7.60. The third-order valence-electron chi connectivity index (χ3n) is 7.11. The molecule has 0 N–H and O–H groups in total. The Morgan fingerprint density at radius 1 is 0.946 bits per heavy atom. The summed E-state index contributed by atoms with van der Waals surface area (Å²) < 4.78 is 88.2. The first-order chi connectivity index (χ1) is 17.5. The van der Waals surface area contributed by atoms with Gasteiger partial charge in [-0.05, 0) is 61.6 Å². The molecule has 1 saturated carbocycles. The van der Waals surface area contributed by atoms with Crippen molar-refractivity contribution in [2.75, 3.05) is 4.90 Å². The first kappa shape index (κ1) is 23.6. The maximum absolute atomic E-state index is 13.6. The predicted octanol–water partition coefficient (Wildman–Crippen LogP) is 6.14. The van der Waals surface area contributed by atoms with E-state index in [0.717, 1.165) is 5.39 Å². The molecule has 4 aromatic rings. The van der Waals surface area contributed by atoms with E-state index in [0.29, 0.717) is 36.6 Å². The normalized spacial score (nSPS) is 21.8. The standard InChI is InChI=1S/C25H18F6N4O2/c26-24(27,28)15-11-19(25(29,30)31)33-20(12-15)34-16-2-1-14(10-16)22(34)23-32-7-5-21(36)35(23)17-3-4-18-13(9-17)6-8-37-18/h3-9,11-12,14,16,22H,1-2,10H2/t14-,16+,22-/m0/s1. The summed E-state index contributed by atoms with van der Waals surface area (Å²) in [5.41, 5.74) is -2.43. The van der Waals surface area contributed by atoms with Gasteiger partial charge >= 0.3 is 12.4 Å². The lowest BCUT2D eigenvalue weighted by atomic mass is 9.97. The van der Waals surface area contributed by atoms with Gasteiger partial charge in [-0.25, -0.2) is 9.97 Å². The van der Waals surface area contributed by atoms with Crippen molar-refractivity contribution in [3.05, 3.63) is 82.4 Å². The van der Waals surface area contributed by atoms with Crippen molar-refractivity contribution < 1.29 is 30.8 Å². The molecule has 2 bridgehead atoms. The number of nitrogens with zero attached hydrogens (tertiary/aromatic N) is 4. The maximum atomic E-state index is 13.6. The summed E-state index contributed by atoms with van der Waals surface area (Å²) >= 11 is 0. The molecule has 1 aliphatic carbocycles. The number of hydrogen-bond donors (Lipinski definition) is 0. The minimum Gasteiger partial charge on any atom is -0.464 e.